The molecule has 1 fully saturated rings. The number of hydrogen-bond acceptors (Lipinski definition) is 4. The second-order valence-corrected chi connectivity index (χ2v) is 5.92. The van der Waals surface area contributed by atoms with Crippen molar-refractivity contribution in [2.75, 3.05) is 19.8 Å². The highest BCUT2D eigenvalue weighted by atomic mass is 16.5. The fraction of sp³-hybridized carbons (Fsp3) is 0.556. The summed E-state index contributed by atoms with van der Waals surface area (Å²) in [5.74, 6) is 0.820. The van der Waals surface area contributed by atoms with Crippen LogP contribution in [0.15, 0.2) is 24.3 Å². The summed E-state index contributed by atoms with van der Waals surface area (Å²) in [7, 11) is 0. The van der Waals surface area contributed by atoms with Gasteiger partial charge in [0.15, 0.2) is 6.61 Å². The summed E-state index contributed by atoms with van der Waals surface area (Å²) in [6, 6.07) is 8.90. The first-order valence-corrected chi connectivity index (χ1v) is 8.21. The first kappa shape index (κ1) is 17.3. The van der Waals surface area contributed by atoms with Crippen molar-refractivity contribution in [2.24, 2.45) is 5.92 Å². The van der Waals surface area contributed by atoms with E-state index >= 15 is 0 Å². The van der Waals surface area contributed by atoms with Gasteiger partial charge in [0.05, 0.1) is 18.3 Å². The highest BCUT2D eigenvalue weighted by Gasteiger charge is 2.21. The largest absolute Gasteiger partial charge is 0.482 e. The van der Waals surface area contributed by atoms with Gasteiger partial charge >= 0.3 is 0 Å². The van der Waals surface area contributed by atoms with Crippen molar-refractivity contribution >= 4 is 5.91 Å². The van der Waals surface area contributed by atoms with Gasteiger partial charge in [0.1, 0.15) is 11.8 Å². The second kappa shape index (κ2) is 9.16. The van der Waals surface area contributed by atoms with Gasteiger partial charge in [-0.1, -0.05) is 31.9 Å². The molecule has 1 amide bonds. The zero-order chi connectivity index (χ0) is 16.5. The number of rotatable bonds is 7. The number of nitrogens with zero attached hydrogens (tertiary/aromatic N) is 1. The van der Waals surface area contributed by atoms with Gasteiger partial charge in [-0.05, 0) is 30.9 Å². The van der Waals surface area contributed by atoms with Crippen LogP contribution in [0.25, 0.3) is 0 Å². The van der Waals surface area contributed by atoms with Crippen LogP contribution in [0.2, 0.25) is 0 Å². The molecule has 0 bridgehead atoms. The number of carbonyl (C=O) groups is 1. The minimum Gasteiger partial charge on any atom is -0.482 e. The number of amides is 1. The minimum absolute atomic E-state index is 0.0987. The molecule has 5 heteroatoms. The van der Waals surface area contributed by atoms with Crippen molar-refractivity contribution in [3.05, 3.63) is 29.8 Å². The second-order valence-electron chi connectivity index (χ2n) is 5.92. The van der Waals surface area contributed by atoms with E-state index in [2.05, 4.69) is 12.2 Å². The maximum atomic E-state index is 11.8. The predicted octanol–water partition coefficient (Wildman–Crippen LogP) is 2.65. The summed E-state index contributed by atoms with van der Waals surface area (Å²) in [5, 5.41) is 11.7. The van der Waals surface area contributed by atoms with Crippen molar-refractivity contribution in [1.29, 1.82) is 5.26 Å². The highest BCUT2D eigenvalue weighted by molar-refractivity contribution is 5.77. The van der Waals surface area contributed by atoms with E-state index in [4.69, 9.17) is 14.7 Å². The number of para-hydroxylation sites is 1. The molecule has 23 heavy (non-hydrogen) atoms. The molecule has 0 aromatic heterocycles. The number of carbonyl (C=O) groups excluding carboxylic acids is 1. The average Bonchev–Trinajstić information content (AvgIpc) is 2.58. The zero-order valence-electron chi connectivity index (χ0n) is 13.6. The Morgan fingerprint density at radius 1 is 1.35 bits per heavy atom. The Bertz CT molecular complexity index is 553. The molecule has 0 saturated heterocycles. The van der Waals surface area contributed by atoms with E-state index in [0.29, 0.717) is 36.5 Å². The maximum Gasteiger partial charge on any atom is 0.258 e. The van der Waals surface area contributed by atoms with Crippen molar-refractivity contribution in [1.82, 2.24) is 5.32 Å². The Labute approximate surface area is 137 Å². The van der Waals surface area contributed by atoms with Gasteiger partial charge in [-0.2, -0.15) is 5.26 Å². The van der Waals surface area contributed by atoms with Crippen molar-refractivity contribution in [3.63, 3.8) is 0 Å². The van der Waals surface area contributed by atoms with E-state index in [9.17, 15) is 4.79 Å². The summed E-state index contributed by atoms with van der Waals surface area (Å²) < 4.78 is 11.2. The summed E-state index contributed by atoms with van der Waals surface area (Å²) in [6.45, 7) is 3.13. The normalized spacial score (nSPS) is 20.5. The van der Waals surface area contributed by atoms with Crippen LogP contribution >= 0.6 is 0 Å². The number of ether oxygens (including phenoxy) is 2. The van der Waals surface area contributed by atoms with E-state index in [0.717, 1.165) is 6.42 Å². The molecule has 0 aliphatic heterocycles. The molecule has 0 heterocycles. The topological polar surface area (TPSA) is 71.3 Å². The van der Waals surface area contributed by atoms with Crippen LogP contribution in [0.4, 0.5) is 0 Å². The molecule has 1 aliphatic rings. The molecule has 2 rings (SSSR count). The van der Waals surface area contributed by atoms with Crippen molar-refractivity contribution in [2.45, 2.75) is 38.7 Å². The molecular formula is C18H24N2O3. The number of nitriles is 1. The van der Waals surface area contributed by atoms with E-state index in [1.165, 1.54) is 19.3 Å². The summed E-state index contributed by atoms with van der Waals surface area (Å²) in [4.78, 5) is 11.8. The molecule has 1 aromatic rings. The molecule has 1 aromatic carbocycles. The Hall–Kier alpha value is -2.06. The lowest BCUT2D eigenvalue weighted by atomic mass is 9.88. The molecule has 124 valence electrons. The molecule has 5 nitrogen and oxygen atoms in total. The number of hydrogen-bond donors (Lipinski definition) is 1. The lowest BCUT2D eigenvalue weighted by Crippen LogP contribution is -2.34. The summed E-state index contributed by atoms with van der Waals surface area (Å²) >= 11 is 0. The average molecular weight is 316 g/mol. The van der Waals surface area contributed by atoms with Gasteiger partial charge in [0.25, 0.3) is 5.91 Å². The van der Waals surface area contributed by atoms with Crippen LogP contribution in [-0.4, -0.2) is 31.8 Å². The van der Waals surface area contributed by atoms with Crippen LogP contribution in [0.3, 0.4) is 0 Å². The van der Waals surface area contributed by atoms with E-state index in [1.54, 1.807) is 24.3 Å². The zero-order valence-corrected chi connectivity index (χ0v) is 13.6. The molecular weight excluding hydrogens is 292 g/mol. The minimum atomic E-state index is -0.210. The summed E-state index contributed by atoms with van der Waals surface area (Å²) in [6.07, 6.45) is 5.18. The van der Waals surface area contributed by atoms with E-state index < -0.39 is 0 Å². The quantitative estimate of drug-likeness (QED) is 0.785. The fourth-order valence-electron chi connectivity index (χ4n) is 2.81. The first-order chi connectivity index (χ1) is 11.2. The standard InChI is InChI=1S/C18H24N2O3/c1-14-6-2-4-8-16(14)22-11-10-20-18(21)13-23-17-9-5-3-7-15(17)12-19/h3,5,7,9,14,16H,2,4,6,8,10-11,13H2,1H3,(H,20,21). The molecule has 2 atom stereocenters. The third-order valence-electron chi connectivity index (χ3n) is 4.16. The van der Waals surface area contributed by atoms with Crippen molar-refractivity contribution in [3.8, 4) is 11.8 Å². The molecule has 0 radical (unpaired) electrons. The van der Waals surface area contributed by atoms with Crippen LogP contribution in [0, 0.1) is 17.2 Å². The van der Waals surface area contributed by atoms with Gasteiger partial charge in [0, 0.05) is 6.54 Å². The fourth-order valence-corrected chi connectivity index (χ4v) is 2.81. The lowest BCUT2D eigenvalue weighted by Gasteiger charge is -2.28. The van der Waals surface area contributed by atoms with Crippen LogP contribution in [0.1, 0.15) is 38.2 Å². The maximum absolute atomic E-state index is 11.8. The van der Waals surface area contributed by atoms with Gasteiger partial charge < -0.3 is 14.8 Å². The predicted molar refractivity (Wildman–Crippen MR) is 87.0 cm³/mol. The number of nitrogens with one attached hydrogen (secondary N) is 1. The molecule has 2 unspecified atom stereocenters. The van der Waals surface area contributed by atoms with Crippen LogP contribution < -0.4 is 10.1 Å². The molecule has 1 aliphatic carbocycles. The Kier molecular flexibility index (Phi) is 6.89. The van der Waals surface area contributed by atoms with Gasteiger partial charge in [-0.3, -0.25) is 4.79 Å². The Morgan fingerprint density at radius 3 is 2.91 bits per heavy atom. The third kappa shape index (κ3) is 5.57. The van der Waals surface area contributed by atoms with Gasteiger partial charge in [0.2, 0.25) is 0 Å². The first-order valence-electron chi connectivity index (χ1n) is 8.21. The smallest absolute Gasteiger partial charge is 0.258 e. The van der Waals surface area contributed by atoms with Gasteiger partial charge in [-0.15, -0.1) is 0 Å². The lowest BCUT2D eigenvalue weighted by molar-refractivity contribution is -0.123. The number of benzene rings is 1. The summed E-state index contributed by atoms with van der Waals surface area (Å²) in [5.41, 5.74) is 0.426. The monoisotopic (exact) mass is 316 g/mol. The van der Waals surface area contributed by atoms with Crippen molar-refractivity contribution < 1.29 is 14.3 Å². The van der Waals surface area contributed by atoms with E-state index in [-0.39, 0.29) is 12.5 Å². The Balaban J connectivity index is 1.63. The third-order valence-corrected chi connectivity index (χ3v) is 4.16. The molecule has 0 spiro atoms. The highest BCUT2D eigenvalue weighted by Crippen LogP contribution is 2.25. The van der Waals surface area contributed by atoms with Crippen LogP contribution in [-0.2, 0) is 9.53 Å². The van der Waals surface area contributed by atoms with Crippen LogP contribution in [0.5, 0.6) is 5.75 Å². The van der Waals surface area contributed by atoms with E-state index in [1.807, 2.05) is 6.07 Å². The molecule has 1 N–H and O–H groups in total. The molecule has 1 saturated carbocycles. The Morgan fingerprint density at radius 2 is 2.13 bits per heavy atom. The van der Waals surface area contributed by atoms with Gasteiger partial charge in [-0.25, -0.2) is 0 Å². The SMILES string of the molecule is CC1CCCCC1OCCNC(=O)COc1ccccc1C#N.